The van der Waals surface area contributed by atoms with Crippen molar-refractivity contribution >= 4 is 32.8 Å². The number of amides is 1. The number of allylic oxidation sites excluding steroid dienone is 4. The van der Waals surface area contributed by atoms with Crippen molar-refractivity contribution in [2.45, 2.75) is 26.3 Å². The summed E-state index contributed by atoms with van der Waals surface area (Å²) in [4.78, 5) is 20.3. The standard InChI is InChI=1S/C21H24N4O6S/c1-21(2,3)25(20(26)27)32(28,29)24-9-6-7-14(8-10-24)19-15-11-17(30-4)18(31-5)12-16(15)22-13-23-19/h6-13H,1-5H3,(H,26,27). The first-order valence-electron chi connectivity index (χ1n) is 9.51. The van der Waals surface area contributed by atoms with E-state index >= 15 is 0 Å². The Morgan fingerprint density at radius 1 is 1.09 bits per heavy atom. The van der Waals surface area contributed by atoms with E-state index in [0.717, 1.165) is 4.31 Å². The Morgan fingerprint density at radius 2 is 1.75 bits per heavy atom. The van der Waals surface area contributed by atoms with Gasteiger partial charge in [0.1, 0.15) is 6.33 Å². The van der Waals surface area contributed by atoms with Crippen LogP contribution in [-0.2, 0) is 10.2 Å². The summed E-state index contributed by atoms with van der Waals surface area (Å²) < 4.78 is 38.0. The number of aromatic nitrogens is 2. The van der Waals surface area contributed by atoms with E-state index in [-0.39, 0.29) is 0 Å². The van der Waals surface area contributed by atoms with Gasteiger partial charge in [-0.25, -0.2) is 19.1 Å². The molecule has 2 aromatic rings. The SMILES string of the molecule is COc1cc2ncnc(C3=CC=CN(S(=O)(=O)N(C(=O)O)C(C)(C)C)C=C3)c2cc1OC. The molecule has 1 N–H and O–H groups in total. The minimum Gasteiger partial charge on any atom is -0.493 e. The van der Waals surface area contributed by atoms with E-state index in [4.69, 9.17) is 9.47 Å². The summed E-state index contributed by atoms with van der Waals surface area (Å²) in [6.45, 7) is 4.51. The van der Waals surface area contributed by atoms with Crippen LogP contribution in [0.15, 0.2) is 49.1 Å². The molecule has 11 heteroatoms. The van der Waals surface area contributed by atoms with E-state index in [1.165, 1.54) is 59.8 Å². The number of hydrogen-bond donors (Lipinski definition) is 1. The molecule has 0 unspecified atom stereocenters. The van der Waals surface area contributed by atoms with Gasteiger partial charge in [0, 0.05) is 29.4 Å². The second-order valence-corrected chi connectivity index (χ2v) is 9.46. The molecule has 0 spiro atoms. The maximum absolute atomic E-state index is 13.0. The van der Waals surface area contributed by atoms with E-state index < -0.39 is 21.8 Å². The number of nitrogens with zero attached hydrogens (tertiary/aromatic N) is 4. The Balaban J connectivity index is 2.05. The lowest BCUT2D eigenvalue weighted by Crippen LogP contribution is -2.52. The van der Waals surface area contributed by atoms with E-state index in [0.29, 0.717) is 38.0 Å². The van der Waals surface area contributed by atoms with Crippen molar-refractivity contribution in [3.63, 3.8) is 0 Å². The highest BCUT2D eigenvalue weighted by Crippen LogP contribution is 2.34. The number of rotatable bonds is 5. The molecule has 1 amide bonds. The zero-order valence-corrected chi connectivity index (χ0v) is 19.1. The van der Waals surface area contributed by atoms with Crippen LogP contribution in [-0.4, -0.2) is 58.0 Å². The molecule has 1 aromatic carbocycles. The lowest BCUT2D eigenvalue weighted by atomic mass is 10.1. The van der Waals surface area contributed by atoms with Crippen molar-refractivity contribution in [2.75, 3.05) is 14.2 Å². The van der Waals surface area contributed by atoms with Gasteiger partial charge in [0.25, 0.3) is 0 Å². The molecule has 32 heavy (non-hydrogen) atoms. The van der Waals surface area contributed by atoms with Gasteiger partial charge in [-0.2, -0.15) is 12.7 Å². The van der Waals surface area contributed by atoms with Crippen molar-refractivity contribution in [1.82, 2.24) is 18.6 Å². The fourth-order valence-corrected chi connectivity index (χ4v) is 4.76. The first-order valence-corrected chi connectivity index (χ1v) is 10.9. The molecule has 3 rings (SSSR count). The molecular formula is C21H24N4O6S. The Morgan fingerprint density at radius 3 is 2.34 bits per heavy atom. The lowest BCUT2D eigenvalue weighted by Gasteiger charge is -2.34. The van der Waals surface area contributed by atoms with Crippen molar-refractivity contribution < 1.29 is 27.8 Å². The molecule has 0 atom stereocenters. The Labute approximate surface area is 186 Å². The second kappa shape index (κ2) is 8.50. The molecular weight excluding hydrogens is 436 g/mol. The molecule has 0 bridgehead atoms. The van der Waals surface area contributed by atoms with Crippen LogP contribution in [0.4, 0.5) is 4.79 Å². The monoisotopic (exact) mass is 460 g/mol. The van der Waals surface area contributed by atoms with Crippen molar-refractivity contribution in [1.29, 1.82) is 0 Å². The van der Waals surface area contributed by atoms with Crippen molar-refractivity contribution in [3.05, 3.63) is 54.8 Å². The van der Waals surface area contributed by atoms with E-state index in [1.807, 2.05) is 0 Å². The number of hydrogen-bond acceptors (Lipinski definition) is 7. The minimum atomic E-state index is -4.38. The third-order valence-corrected chi connectivity index (χ3v) is 6.55. The largest absolute Gasteiger partial charge is 0.493 e. The molecule has 170 valence electrons. The predicted molar refractivity (Wildman–Crippen MR) is 119 cm³/mol. The summed E-state index contributed by atoms with van der Waals surface area (Å²) in [6, 6.07) is 3.47. The number of fused-ring (bicyclic) bond motifs is 1. The Kier molecular flexibility index (Phi) is 6.13. The summed E-state index contributed by atoms with van der Waals surface area (Å²) in [5.41, 5.74) is 0.579. The van der Waals surface area contributed by atoms with E-state index in [9.17, 15) is 18.3 Å². The highest BCUT2D eigenvalue weighted by molar-refractivity contribution is 7.87. The topological polar surface area (TPSA) is 122 Å². The molecule has 0 fully saturated rings. The van der Waals surface area contributed by atoms with Crippen LogP contribution in [0.3, 0.4) is 0 Å². The van der Waals surface area contributed by atoms with Gasteiger partial charge in [-0.1, -0.05) is 6.08 Å². The maximum Gasteiger partial charge on any atom is 0.423 e. The fraction of sp³-hybridized carbons (Fsp3) is 0.286. The number of carbonyl (C=O) groups is 1. The highest BCUT2D eigenvalue weighted by atomic mass is 32.2. The van der Waals surface area contributed by atoms with Crippen LogP contribution in [0.2, 0.25) is 0 Å². The normalized spacial score (nSPS) is 14.2. The van der Waals surface area contributed by atoms with Crippen LogP contribution in [0.1, 0.15) is 26.5 Å². The molecule has 0 radical (unpaired) electrons. The quantitative estimate of drug-likeness (QED) is 0.720. The number of methoxy groups -OCH3 is 2. The summed E-state index contributed by atoms with van der Waals surface area (Å²) in [5.74, 6) is 1.01. The second-order valence-electron chi connectivity index (χ2n) is 7.78. The highest BCUT2D eigenvalue weighted by Gasteiger charge is 2.39. The molecule has 1 aliphatic heterocycles. The van der Waals surface area contributed by atoms with Gasteiger partial charge in [-0.05, 0) is 39.0 Å². The zero-order valence-electron chi connectivity index (χ0n) is 18.3. The Bertz CT molecular complexity index is 1240. The number of carboxylic acid groups (broad SMARTS) is 1. The van der Waals surface area contributed by atoms with Crippen molar-refractivity contribution in [2.24, 2.45) is 0 Å². The molecule has 1 aliphatic rings. The van der Waals surface area contributed by atoms with E-state index in [2.05, 4.69) is 9.97 Å². The van der Waals surface area contributed by atoms with Gasteiger partial charge in [-0.3, -0.25) is 0 Å². The molecule has 10 nitrogen and oxygen atoms in total. The van der Waals surface area contributed by atoms with Crippen LogP contribution in [0.5, 0.6) is 11.5 Å². The third-order valence-electron chi connectivity index (χ3n) is 4.60. The van der Waals surface area contributed by atoms with Crippen molar-refractivity contribution in [3.8, 4) is 11.5 Å². The van der Waals surface area contributed by atoms with Crippen LogP contribution >= 0.6 is 0 Å². The molecule has 0 aliphatic carbocycles. The van der Waals surface area contributed by atoms with Gasteiger partial charge >= 0.3 is 16.3 Å². The molecule has 0 saturated carbocycles. The van der Waals surface area contributed by atoms with Crippen LogP contribution < -0.4 is 9.47 Å². The first kappa shape index (κ1) is 23.1. The van der Waals surface area contributed by atoms with Gasteiger partial charge in [0.05, 0.1) is 31.0 Å². The van der Waals surface area contributed by atoms with Crippen LogP contribution in [0.25, 0.3) is 16.5 Å². The van der Waals surface area contributed by atoms with Gasteiger partial charge in [0.2, 0.25) is 0 Å². The van der Waals surface area contributed by atoms with Crippen LogP contribution in [0, 0.1) is 0 Å². The van der Waals surface area contributed by atoms with Gasteiger partial charge in [-0.15, -0.1) is 0 Å². The maximum atomic E-state index is 13.0. The third kappa shape index (κ3) is 4.24. The average Bonchev–Trinajstić information content (AvgIpc) is 2.97. The summed E-state index contributed by atoms with van der Waals surface area (Å²) in [5, 5.41) is 10.2. The smallest absolute Gasteiger partial charge is 0.423 e. The molecule has 2 heterocycles. The number of benzene rings is 1. The average molecular weight is 461 g/mol. The summed E-state index contributed by atoms with van der Waals surface area (Å²) >= 11 is 0. The minimum absolute atomic E-state index is 0.414. The first-order chi connectivity index (χ1) is 15.0. The summed E-state index contributed by atoms with van der Waals surface area (Å²) in [6.07, 6.45) is 7.09. The fourth-order valence-electron chi connectivity index (χ4n) is 3.24. The predicted octanol–water partition coefficient (Wildman–Crippen LogP) is 3.40. The Hall–Kier alpha value is -3.60. The van der Waals surface area contributed by atoms with Gasteiger partial charge < -0.3 is 14.6 Å². The van der Waals surface area contributed by atoms with E-state index in [1.54, 1.807) is 24.3 Å². The lowest BCUT2D eigenvalue weighted by molar-refractivity contribution is 0.144. The molecule has 0 saturated heterocycles. The zero-order chi connectivity index (χ0) is 23.7. The summed E-state index contributed by atoms with van der Waals surface area (Å²) in [7, 11) is -1.33. The number of ether oxygens (including phenoxy) is 2. The van der Waals surface area contributed by atoms with Gasteiger partial charge in [0.15, 0.2) is 11.5 Å². The molecule has 1 aromatic heterocycles.